The molecule has 0 atom stereocenters. The van der Waals surface area contributed by atoms with Crippen LogP contribution in [-0.4, -0.2) is 24.5 Å². The molecule has 0 N–H and O–H groups in total. The number of rotatable bonds is 6. The highest BCUT2D eigenvalue weighted by Gasteiger charge is 2.36. The van der Waals surface area contributed by atoms with E-state index in [1.165, 1.54) is 16.7 Å². The quantitative estimate of drug-likeness (QED) is 0.543. The summed E-state index contributed by atoms with van der Waals surface area (Å²) < 4.78 is 0. The van der Waals surface area contributed by atoms with Crippen molar-refractivity contribution < 1.29 is 0 Å². The van der Waals surface area contributed by atoms with Crippen LogP contribution in [0.2, 0.25) is 0 Å². The minimum atomic E-state index is -0.323. The van der Waals surface area contributed by atoms with Crippen LogP contribution in [0.3, 0.4) is 0 Å². The van der Waals surface area contributed by atoms with Crippen molar-refractivity contribution in [2.45, 2.75) is 30.6 Å². The van der Waals surface area contributed by atoms with Crippen molar-refractivity contribution in [2.24, 2.45) is 0 Å². The van der Waals surface area contributed by atoms with Gasteiger partial charge in [-0.3, -0.25) is 0 Å². The average molecular weight is 381 g/mol. The van der Waals surface area contributed by atoms with Crippen LogP contribution in [0.25, 0.3) is 0 Å². The number of nitrogens with zero attached hydrogens (tertiary/aromatic N) is 2. The fourth-order valence-corrected chi connectivity index (χ4v) is 4.59. The van der Waals surface area contributed by atoms with E-state index >= 15 is 0 Å². The van der Waals surface area contributed by atoms with Crippen molar-refractivity contribution >= 4 is 0 Å². The number of likely N-dealkylation sites (tertiary alicyclic amines) is 1. The minimum Gasteiger partial charge on any atom is -0.303 e. The van der Waals surface area contributed by atoms with Gasteiger partial charge in [-0.2, -0.15) is 5.26 Å². The molecule has 2 heteroatoms. The van der Waals surface area contributed by atoms with E-state index < -0.39 is 0 Å². The molecule has 4 rings (SSSR count). The molecule has 1 aliphatic rings. The molecule has 0 spiro atoms. The molecular formula is C27H28N2. The van der Waals surface area contributed by atoms with Crippen LogP contribution in [0.4, 0.5) is 0 Å². The topological polar surface area (TPSA) is 27.0 Å². The maximum absolute atomic E-state index is 9.93. The summed E-state index contributed by atoms with van der Waals surface area (Å²) in [7, 11) is 0. The van der Waals surface area contributed by atoms with E-state index in [1.807, 2.05) is 18.2 Å². The fourth-order valence-electron chi connectivity index (χ4n) is 4.59. The van der Waals surface area contributed by atoms with Crippen LogP contribution in [0.1, 0.15) is 41.9 Å². The molecule has 0 aliphatic carbocycles. The number of nitriles is 1. The van der Waals surface area contributed by atoms with Gasteiger partial charge in [0.2, 0.25) is 0 Å². The van der Waals surface area contributed by atoms with Gasteiger partial charge >= 0.3 is 0 Å². The van der Waals surface area contributed by atoms with Gasteiger partial charge in [0.15, 0.2) is 0 Å². The van der Waals surface area contributed by atoms with Crippen molar-refractivity contribution in [1.29, 1.82) is 5.26 Å². The summed E-state index contributed by atoms with van der Waals surface area (Å²) in [6, 6.07) is 34.6. The first-order chi connectivity index (χ1) is 14.3. The summed E-state index contributed by atoms with van der Waals surface area (Å²) >= 11 is 0. The molecule has 0 amide bonds. The second kappa shape index (κ2) is 9.07. The van der Waals surface area contributed by atoms with E-state index in [2.05, 4.69) is 83.8 Å². The van der Waals surface area contributed by atoms with Gasteiger partial charge in [0.25, 0.3) is 0 Å². The lowest BCUT2D eigenvalue weighted by Gasteiger charge is -2.38. The molecule has 3 aromatic rings. The highest BCUT2D eigenvalue weighted by molar-refractivity contribution is 5.34. The molecule has 1 saturated heterocycles. The van der Waals surface area contributed by atoms with Crippen molar-refractivity contribution in [3.8, 4) is 6.07 Å². The lowest BCUT2D eigenvalue weighted by molar-refractivity contribution is 0.182. The van der Waals surface area contributed by atoms with Gasteiger partial charge in [-0.25, -0.2) is 0 Å². The zero-order valence-electron chi connectivity index (χ0n) is 16.9. The van der Waals surface area contributed by atoms with Crippen molar-refractivity contribution in [2.75, 3.05) is 19.6 Å². The van der Waals surface area contributed by atoms with Crippen LogP contribution in [0.5, 0.6) is 0 Å². The maximum Gasteiger partial charge on any atom is 0.0846 e. The predicted molar refractivity (Wildman–Crippen MR) is 119 cm³/mol. The zero-order chi connectivity index (χ0) is 19.9. The van der Waals surface area contributed by atoms with Crippen LogP contribution < -0.4 is 0 Å². The largest absolute Gasteiger partial charge is 0.303 e. The van der Waals surface area contributed by atoms with E-state index in [0.717, 1.165) is 38.9 Å². The Morgan fingerprint density at radius 2 is 1.24 bits per heavy atom. The van der Waals surface area contributed by atoms with E-state index in [1.54, 1.807) is 0 Å². The van der Waals surface area contributed by atoms with Crippen molar-refractivity contribution in [3.63, 3.8) is 0 Å². The monoisotopic (exact) mass is 380 g/mol. The molecule has 0 bridgehead atoms. The summed E-state index contributed by atoms with van der Waals surface area (Å²) in [4.78, 5) is 2.54. The van der Waals surface area contributed by atoms with Gasteiger partial charge in [-0.15, -0.1) is 0 Å². The third kappa shape index (κ3) is 4.42. The summed E-state index contributed by atoms with van der Waals surface area (Å²) in [5, 5.41) is 9.93. The Balaban J connectivity index is 1.43. The fraction of sp³-hybridized carbons (Fsp3) is 0.296. The maximum atomic E-state index is 9.93. The SMILES string of the molecule is N#CC1(c2ccccc2)CCN(CCC(c2ccccc2)c2ccccc2)CC1. The molecule has 2 nitrogen and oxygen atoms in total. The average Bonchev–Trinajstić information content (AvgIpc) is 2.82. The van der Waals surface area contributed by atoms with Crippen LogP contribution in [0, 0.1) is 11.3 Å². The third-order valence-corrected chi connectivity index (χ3v) is 6.39. The molecular weight excluding hydrogens is 352 g/mol. The molecule has 29 heavy (non-hydrogen) atoms. The molecule has 3 aromatic carbocycles. The molecule has 0 radical (unpaired) electrons. The van der Waals surface area contributed by atoms with E-state index in [4.69, 9.17) is 0 Å². The van der Waals surface area contributed by atoms with Crippen LogP contribution in [-0.2, 0) is 5.41 Å². The van der Waals surface area contributed by atoms with Crippen molar-refractivity contribution in [1.82, 2.24) is 4.90 Å². The second-order valence-corrected chi connectivity index (χ2v) is 8.06. The van der Waals surface area contributed by atoms with E-state index in [0.29, 0.717) is 5.92 Å². The summed E-state index contributed by atoms with van der Waals surface area (Å²) in [6.45, 7) is 3.03. The Bertz CT molecular complexity index is 881. The molecule has 1 heterocycles. The van der Waals surface area contributed by atoms with Gasteiger partial charge < -0.3 is 4.90 Å². The standard InChI is InChI=1S/C27H28N2/c28-22-27(25-14-8-3-9-15-25)17-20-29(21-18-27)19-16-26(23-10-4-1-5-11-23)24-12-6-2-7-13-24/h1-15,26H,16-21H2. The smallest absolute Gasteiger partial charge is 0.0846 e. The Morgan fingerprint density at radius 3 is 1.72 bits per heavy atom. The van der Waals surface area contributed by atoms with Gasteiger partial charge in [-0.05, 0) is 55.6 Å². The molecule has 0 saturated carbocycles. The Labute approximate surface area is 174 Å². The van der Waals surface area contributed by atoms with Crippen LogP contribution in [0.15, 0.2) is 91.0 Å². The predicted octanol–water partition coefficient (Wildman–Crippen LogP) is 5.77. The molecule has 0 unspecified atom stereocenters. The first-order valence-corrected chi connectivity index (χ1v) is 10.6. The van der Waals surface area contributed by atoms with E-state index in [-0.39, 0.29) is 5.41 Å². The second-order valence-electron chi connectivity index (χ2n) is 8.06. The molecule has 0 aromatic heterocycles. The Morgan fingerprint density at radius 1 is 0.759 bits per heavy atom. The lowest BCUT2D eigenvalue weighted by Crippen LogP contribution is -2.42. The van der Waals surface area contributed by atoms with Gasteiger partial charge in [-0.1, -0.05) is 91.0 Å². The summed E-state index contributed by atoms with van der Waals surface area (Å²) in [6.07, 6.45) is 2.92. The number of hydrogen-bond acceptors (Lipinski definition) is 2. The molecule has 146 valence electrons. The normalized spacial score (nSPS) is 16.4. The summed E-state index contributed by atoms with van der Waals surface area (Å²) in [5.74, 6) is 0.411. The van der Waals surface area contributed by atoms with E-state index in [9.17, 15) is 5.26 Å². The lowest BCUT2D eigenvalue weighted by atomic mass is 9.74. The Hall–Kier alpha value is -2.89. The summed E-state index contributed by atoms with van der Waals surface area (Å²) in [5.41, 5.74) is 3.61. The van der Waals surface area contributed by atoms with Crippen LogP contribution >= 0.6 is 0 Å². The number of benzene rings is 3. The third-order valence-electron chi connectivity index (χ3n) is 6.39. The number of piperidine rings is 1. The minimum absolute atomic E-state index is 0.323. The molecule has 1 aliphatic heterocycles. The van der Waals surface area contributed by atoms with Gasteiger partial charge in [0.05, 0.1) is 11.5 Å². The molecule has 1 fully saturated rings. The highest BCUT2D eigenvalue weighted by Crippen LogP contribution is 2.35. The first kappa shape index (κ1) is 19.4. The zero-order valence-corrected chi connectivity index (χ0v) is 16.9. The van der Waals surface area contributed by atoms with Gasteiger partial charge in [0, 0.05) is 5.92 Å². The Kier molecular flexibility index (Phi) is 6.08. The van der Waals surface area contributed by atoms with Gasteiger partial charge in [0.1, 0.15) is 0 Å². The van der Waals surface area contributed by atoms with Crippen molar-refractivity contribution in [3.05, 3.63) is 108 Å². The number of hydrogen-bond donors (Lipinski definition) is 0. The first-order valence-electron chi connectivity index (χ1n) is 10.6. The highest BCUT2D eigenvalue weighted by atomic mass is 15.1.